The Bertz CT molecular complexity index is 417. The number of hydrogen-bond donors (Lipinski definition) is 1. The topological polar surface area (TPSA) is 24.5 Å². The summed E-state index contributed by atoms with van der Waals surface area (Å²) in [4.78, 5) is 2.40. The molecular formula is C16H24N2OS. The maximum Gasteiger partial charge on any atom is 0.0642 e. The van der Waals surface area contributed by atoms with Gasteiger partial charge in [0.05, 0.1) is 13.2 Å². The first-order valence-corrected chi connectivity index (χ1v) is 8.69. The summed E-state index contributed by atoms with van der Waals surface area (Å²) in [7, 11) is 0. The van der Waals surface area contributed by atoms with Gasteiger partial charge in [-0.05, 0) is 42.9 Å². The molecule has 2 fully saturated rings. The molecule has 2 aliphatic rings. The first kappa shape index (κ1) is 14.1. The zero-order chi connectivity index (χ0) is 13.8. The second-order valence-electron chi connectivity index (χ2n) is 5.62. The molecule has 0 aromatic heterocycles. The average molecular weight is 292 g/mol. The molecule has 0 radical (unpaired) electrons. The Morgan fingerprint density at radius 2 is 1.95 bits per heavy atom. The van der Waals surface area contributed by atoms with E-state index in [1.807, 2.05) is 0 Å². The van der Waals surface area contributed by atoms with Crippen LogP contribution in [0.25, 0.3) is 0 Å². The van der Waals surface area contributed by atoms with Crippen LogP contribution in [0.5, 0.6) is 0 Å². The summed E-state index contributed by atoms with van der Waals surface area (Å²) in [6.45, 7) is 6.03. The van der Waals surface area contributed by atoms with Crippen molar-refractivity contribution in [2.75, 3.05) is 42.3 Å². The lowest BCUT2D eigenvalue weighted by Gasteiger charge is -2.31. The van der Waals surface area contributed by atoms with E-state index in [1.165, 1.54) is 30.0 Å². The van der Waals surface area contributed by atoms with Gasteiger partial charge in [-0.25, -0.2) is 0 Å². The summed E-state index contributed by atoms with van der Waals surface area (Å²) in [6, 6.07) is 9.51. The molecule has 2 heterocycles. The fourth-order valence-corrected chi connectivity index (χ4v) is 4.06. The van der Waals surface area contributed by atoms with Gasteiger partial charge in [-0.3, -0.25) is 0 Å². The van der Waals surface area contributed by atoms with Crippen molar-refractivity contribution in [3.63, 3.8) is 0 Å². The molecule has 1 aromatic rings. The van der Waals surface area contributed by atoms with Crippen LogP contribution in [0.15, 0.2) is 24.3 Å². The van der Waals surface area contributed by atoms with E-state index in [0.29, 0.717) is 11.3 Å². The number of rotatable bonds is 3. The predicted octanol–water partition coefficient (Wildman–Crippen LogP) is 3.22. The first-order chi connectivity index (χ1) is 9.83. The Kier molecular flexibility index (Phi) is 4.73. The van der Waals surface area contributed by atoms with E-state index < -0.39 is 0 Å². The van der Waals surface area contributed by atoms with Crippen LogP contribution in [0.4, 0.5) is 11.4 Å². The van der Waals surface area contributed by atoms with E-state index in [9.17, 15) is 0 Å². The first-order valence-electron chi connectivity index (χ1n) is 7.64. The van der Waals surface area contributed by atoms with Crippen LogP contribution in [-0.2, 0) is 4.74 Å². The van der Waals surface area contributed by atoms with E-state index in [-0.39, 0.29) is 0 Å². The van der Waals surface area contributed by atoms with Gasteiger partial charge in [0.25, 0.3) is 0 Å². The predicted molar refractivity (Wildman–Crippen MR) is 88.0 cm³/mol. The summed E-state index contributed by atoms with van der Waals surface area (Å²) in [5, 5.41) is 4.41. The third-order valence-corrected chi connectivity index (χ3v) is 5.58. The standard InChI is InChI=1S/C16H24N2OS/c1-13-16(3-2-12-20-13)17-14-4-6-15(7-5-14)18-8-10-19-11-9-18/h4-7,13,16-17H,2-3,8-12H2,1H3. The van der Waals surface area contributed by atoms with Crippen LogP contribution in [0, 0.1) is 0 Å². The minimum absolute atomic E-state index is 0.614. The molecular weight excluding hydrogens is 268 g/mol. The van der Waals surface area contributed by atoms with Crippen molar-refractivity contribution in [2.45, 2.75) is 31.1 Å². The molecule has 0 spiro atoms. The lowest BCUT2D eigenvalue weighted by atomic mass is 10.1. The molecule has 110 valence electrons. The van der Waals surface area contributed by atoms with Crippen molar-refractivity contribution in [1.29, 1.82) is 0 Å². The molecule has 0 amide bonds. The fraction of sp³-hybridized carbons (Fsp3) is 0.625. The zero-order valence-corrected chi connectivity index (χ0v) is 13.0. The lowest BCUT2D eigenvalue weighted by molar-refractivity contribution is 0.122. The minimum atomic E-state index is 0.614. The third-order valence-electron chi connectivity index (χ3n) is 4.20. The molecule has 0 saturated carbocycles. The summed E-state index contributed by atoms with van der Waals surface area (Å²) in [6.07, 6.45) is 2.62. The van der Waals surface area contributed by atoms with Crippen molar-refractivity contribution >= 4 is 23.1 Å². The van der Waals surface area contributed by atoms with Gasteiger partial charge in [0.1, 0.15) is 0 Å². The van der Waals surface area contributed by atoms with Crippen LogP contribution >= 0.6 is 11.8 Å². The average Bonchev–Trinajstić information content (AvgIpc) is 2.51. The van der Waals surface area contributed by atoms with Crippen molar-refractivity contribution in [3.8, 4) is 0 Å². The second-order valence-corrected chi connectivity index (χ2v) is 7.10. The van der Waals surface area contributed by atoms with Gasteiger partial charge in [0.15, 0.2) is 0 Å². The Balaban J connectivity index is 1.60. The Hall–Kier alpha value is -0.870. The van der Waals surface area contributed by atoms with Crippen LogP contribution < -0.4 is 10.2 Å². The minimum Gasteiger partial charge on any atom is -0.381 e. The lowest BCUT2D eigenvalue weighted by Crippen LogP contribution is -2.36. The van der Waals surface area contributed by atoms with Crippen LogP contribution in [0.3, 0.4) is 0 Å². The summed E-state index contributed by atoms with van der Waals surface area (Å²) in [5.74, 6) is 1.31. The zero-order valence-electron chi connectivity index (χ0n) is 12.2. The van der Waals surface area contributed by atoms with E-state index >= 15 is 0 Å². The number of thioether (sulfide) groups is 1. The normalized spacial score (nSPS) is 27.4. The highest BCUT2D eigenvalue weighted by molar-refractivity contribution is 8.00. The van der Waals surface area contributed by atoms with Gasteiger partial charge >= 0.3 is 0 Å². The number of hydrogen-bond acceptors (Lipinski definition) is 4. The van der Waals surface area contributed by atoms with Crippen molar-refractivity contribution in [3.05, 3.63) is 24.3 Å². The van der Waals surface area contributed by atoms with Gasteiger partial charge < -0.3 is 15.0 Å². The number of morpholine rings is 1. The number of ether oxygens (including phenoxy) is 1. The summed E-state index contributed by atoms with van der Waals surface area (Å²) >= 11 is 2.09. The van der Waals surface area contributed by atoms with Crippen molar-refractivity contribution < 1.29 is 4.74 Å². The van der Waals surface area contributed by atoms with Gasteiger partial charge in [-0.1, -0.05) is 6.92 Å². The van der Waals surface area contributed by atoms with Crippen molar-refractivity contribution in [2.24, 2.45) is 0 Å². The number of benzene rings is 1. The van der Waals surface area contributed by atoms with Crippen molar-refractivity contribution in [1.82, 2.24) is 0 Å². The highest BCUT2D eigenvalue weighted by Gasteiger charge is 2.21. The smallest absolute Gasteiger partial charge is 0.0642 e. The van der Waals surface area contributed by atoms with E-state index in [2.05, 4.69) is 53.2 Å². The SMILES string of the molecule is CC1SCCCC1Nc1ccc(N2CCOCC2)cc1. The maximum atomic E-state index is 5.40. The van der Waals surface area contributed by atoms with E-state index in [4.69, 9.17) is 4.74 Å². The molecule has 2 unspecified atom stereocenters. The molecule has 20 heavy (non-hydrogen) atoms. The van der Waals surface area contributed by atoms with Crippen LogP contribution in [-0.4, -0.2) is 43.3 Å². The molecule has 4 heteroatoms. The molecule has 3 nitrogen and oxygen atoms in total. The number of nitrogens with zero attached hydrogens (tertiary/aromatic N) is 1. The highest BCUT2D eigenvalue weighted by atomic mass is 32.2. The third kappa shape index (κ3) is 3.41. The second kappa shape index (κ2) is 6.72. The quantitative estimate of drug-likeness (QED) is 0.924. The highest BCUT2D eigenvalue weighted by Crippen LogP contribution is 2.28. The Labute approximate surface area is 126 Å². The van der Waals surface area contributed by atoms with Gasteiger partial charge in [0, 0.05) is 35.8 Å². The molecule has 0 aliphatic carbocycles. The van der Waals surface area contributed by atoms with Crippen LogP contribution in [0.1, 0.15) is 19.8 Å². The van der Waals surface area contributed by atoms with E-state index in [0.717, 1.165) is 26.3 Å². The van der Waals surface area contributed by atoms with Gasteiger partial charge in [-0.15, -0.1) is 0 Å². The Morgan fingerprint density at radius 1 is 1.20 bits per heavy atom. The molecule has 3 rings (SSSR count). The monoisotopic (exact) mass is 292 g/mol. The summed E-state index contributed by atoms with van der Waals surface area (Å²) in [5.41, 5.74) is 2.56. The molecule has 0 bridgehead atoms. The molecule has 1 aromatic carbocycles. The maximum absolute atomic E-state index is 5.40. The fourth-order valence-electron chi connectivity index (χ4n) is 2.92. The van der Waals surface area contributed by atoms with Crippen LogP contribution in [0.2, 0.25) is 0 Å². The van der Waals surface area contributed by atoms with Gasteiger partial charge in [-0.2, -0.15) is 11.8 Å². The number of nitrogens with one attached hydrogen (secondary N) is 1. The molecule has 1 N–H and O–H groups in total. The molecule has 2 saturated heterocycles. The largest absolute Gasteiger partial charge is 0.381 e. The Morgan fingerprint density at radius 3 is 2.65 bits per heavy atom. The molecule has 2 aliphatic heterocycles. The van der Waals surface area contributed by atoms with Gasteiger partial charge in [0.2, 0.25) is 0 Å². The molecule has 2 atom stereocenters. The van der Waals surface area contributed by atoms with E-state index in [1.54, 1.807) is 0 Å². The number of anilines is 2. The summed E-state index contributed by atoms with van der Waals surface area (Å²) < 4.78 is 5.40.